The lowest BCUT2D eigenvalue weighted by atomic mass is 10.1. The molecule has 0 aliphatic heterocycles. The molecule has 156 valence electrons. The second kappa shape index (κ2) is 8.33. The molecule has 4 rings (SSSR count). The van der Waals surface area contributed by atoms with Gasteiger partial charge in [-0.25, -0.2) is 18.4 Å². The van der Waals surface area contributed by atoms with E-state index in [-0.39, 0.29) is 22.3 Å². The molecule has 3 aromatic carbocycles. The molecule has 1 heterocycles. The van der Waals surface area contributed by atoms with Crippen LogP contribution in [0.1, 0.15) is 17.3 Å². The van der Waals surface area contributed by atoms with Gasteiger partial charge in [-0.1, -0.05) is 35.9 Å². The van der Waals surface area contributed by atoms with E-state index in [0.29, 0.717) is 27.3 Å². The summed E-state index contributed by atoms with van der Waals surface area (Å²) in [5.41, 5.74) is 2.20. The van der Waals surface area contributed by atoms with Crippen LogP contribution in [0, 0.1) is 0 Å². The van der Waals surface area contributed by atoms with Gasteiger partial charge in [-0.3, -0.25) is 9.52 Å². The van der Waals surface area contributed by atoms with E-state index >= 15 is 0 Å². The maximum Gasteiger partial charge on any atom is 0.263 e. The lowest BCUT2D eigenvalue weighted by Gasteiger charge is -2.14. The van der Waals surface area contributed by atoms with Gasteiger partial charge in [0.05, 0.1) is 15.9 Å². The van der Waals surface area contributed by atoms with E-state index in [1.807, 2.05) is 6.07 Å². The Morgan fingerprint density at radius 3 is 2.16 bits per heavy atom. The first-order chi connectivity index (χ1) is 14.8. The molecule has 31 heavy (non-hydrogen) atoms. The zero-order valence-electron chi connectivity index (χ0n) is 16.3. The van der Waals surface area contributed by atoms with Crippen molar-refractivity contribution in [2.24, 2.45) is 0 Å². The molecule has 0 fully saturated rings. The highest BCUT2D eigenvalue weighted by atomic mass is 35.5. The third-order valence-electron chi connectivity index (χ3n) is 4.46. The summed E-state index contributed by atoms with van der Waals surface area (Å²) >= 11 is 5.87. The molecule has 0 saturated heterocycles. The number of hydrogen-bond acceptors (Lipinski definition) is 6. The Morgan fingerprint density at radius 2 is 1.52 bits per heavy atom. The Labute approximate surface area is 184 Å². The first-order valence-corrected chi connectivity index (χ1v) is 11.1. The fraction of sp³-hybridized carbons (Fsp3) is 0.0455. The van der Waals surface area contributed by atoms with Crippen LogP contribution in [0.5, 0.6) is 0 Å². The number of fused-ring (bicyclic) bond motifs is 1. The minimum absolute atomic E-state index is 0.0295. The van der Waals surface area contributed by atoms with Gasteiger partial charge in [0.15, 0.2) is 17.4 Å². The Balaban J connectivity index is 1.77. The smallest absolute Gasteiger partial charge is 0.263 e. The average molecular weight is 453 g/mol. The van der Waals surface area contributed by atoms with Crippen LogP contribution in [0.15, 0.2) is 77.7 Å². The van der Waals surface area contributed by atoms with Gasteiger partial charge >= 0.3 is 0 Å². The average Bonchev–Trinajstić information content (AvgIpc) is 2.74. The molecular weight excluding hydrogens is 436 g/mol. The molecule has 0 spiro atoms. The highest BCUT2D eigenvalue weighted by Gasteiger charge is 2.19. The van der Waals surface area contributed by atoms with Gasteiger partial charge in [0.25, 0.3) is 10.0 Å². The molecule has 9 heteroatoms. The van der Waals surface area contributed by atoms with Crippen molar-refractivity contribution in [2.75, 3.05) is 10.0 Å². The number of hydrogen-bond donors (Lipinski definition) is 2. The molecule has 0 bridgehead atoms. The summed E-state index contributed by atoms with van der Waals surface area (Å²) in [7, 11) is -3.94. The molecule has 4 aromatic rings. The monoisotopic (exact) mass is 452 g/mol. The second-order valence-corrected chi connectivity index (χ2v) is 8.85. The van der Waals surface area contributed by atoms with Gasteiger partial charge in [0, 0.05) is 16.3 Å². The van der Waals surface area contributed by atoms with E-state index in [1.54, 1.807) is 42.5 Å². The lowest BCUT2D eigenvalue weighted by molar-refractivity contribution is 0.101. The molecule has 7 nitrogen and oxygen atoms in total. The molecule has 2 N–H and O–H groups in total. The number of sulfonamides is 1. The fourth-order valence-corrected chi connectivity index (χ4v) is 4.05. The zero-order valence-corrected chi connectivity index (χ0v) is 17.9. The van der Waals surface area contributed by atoms with Crippen LogP contribution in [0.4, 0.5) is 17.3 Å². The van der Waals surface area contributed by atoms with Crippen LogP contribution in [0.2, 0.25) is 5.02 Å². The van der Waals surface area contributed by atoms with Crippen LogP contribution in [0.3, 0.4) is 0 Å². The molecule has 0 aliphatic carbocycles. The second-order valence-electron chi connectivity index (χ2n) is 6.73. The number of rotatable bonds is 6. The molecule has 0 unspecified atom stereocenters. The summed E-state index contributed by atoms with van der Waals surface area (Å²) in [6, 6.07) is 19.8. The van der Waals surface area contributed by atoms with Gasteiger partial charge < -0.3 is 5.32 Å². The number of carbonyl (C=O) groups excluding carboxylic acids is 1. The predicted molar refractivity (Wildman–Crippen MR) is 122 cm³/mol. The lowest BCUT2D eigenvalue weighted by Crippen LogP contribution is -2.16. The largest absolute Gasteiger partial charge is 0.337 e. The van der Waals surface area contributed by atoms with Crippen molar-refractivity contribution < 1.29 is 13.2 Å². The fourth-order valence-electron chi connectivity index (χ4n) is 2.91. The van der Waals surface area contributed by atoms with Crippen molar-refractivity contribution in [3.63, 3.8) is 0 Å². The van der Waals surface area contributed by atoms with E-state index in [4.69, 9.17) is 11.6 Å². The highest BCUT2D eigenvalue weighted by molar-refractivity contribution is 7.92. The van der Waals surface area contributed by atoms with Gasteiger partial charge in [-0.15, -0.1) is 0 Å². The molecule has 0 radical (unpaired) electrons. The van der Waals surface area contributed by atoms with E-state index in [9.17, 15) is 13.2 Å². The van der Waals surface area contributed by atoms with Crippen LogP contribution >= 0.6 is 11.6 Å². The summed E-state index contributed by atoms with van der Waals surface area (Å²) in [5, 5.41) is 3.50. The summed E-state index contributed by atoms with van der Waals surface area (Å²) < 4.78 is 28.3. The number of anilines is 3. The quantitative estimate of drug-likeness (QED) is 0.398. The molecular formula is C22H17ClN4O3S. The number of halogens is 1. The topological polar surface area (TPSA) is 101 Å². The van der Waals surface area contributed by atoms with Gasteiger partial charge in [-0.05, 0) is 55.5 Å². The minimum atomic E-state index is -3.94. The van der Waals surface area contributed by atoms with Crippen molar-refractivity contribution in [3.8, 4) is 0 Å². The third kappa shape index (κ3) is 4.65. The van der Waals surface area contributed by atoms with Crippen molar-refractivity contribution in [1.29, 1.82) is 0 Å². The number of aromatic nitrogens is 2. The van der Waals surface area contributed by atoms with Gasteiger partial charge in [-0.2, -0.15) is 0 Å². The number of ketones is 1. The third-order valence-corrected chi connectivity index (χ3v) is 6.06. The molecule has 0 amide bonds. The van der Waals surface area contributed by atoms with Crippen LogP contribution in [-0.4, -0.2) is 24.2 Å². The summed E-state index contributed by atoms with van der Waals surface area (Å²) in [5.74, 6) is 0.149. The van der Waals surface area contributed by atoms with E-state index in [2.05, 4.69) is 20.0 Å². The molecule has 1 aromatic heterocycles. The van der Waals surface area contributed by atoms with Gasteiger partial charge in [0.2, 0.25) is 0 Å². The normalized spacial score (nSPS) is 11.3. The standard InChI is InChI=1S/C22H17ClN4O3S/c1-14(28)15-5-4-6-17(13-15)24-21-22(26-20-8-3-2-7-19(20)25-21)27-31(29,30)18-11-9-16(23)10-12-18/h2-13H,1H3,(H,24,25)(H,26,27). The maximum absolute atomic E-state index is 12.9. The zero-order chi connectivity index (χ0) is 22.0. The molecule has 0 atom stereocenters. The Bertz CT molecular complexity index is 1390. The van der Waals surface area contributed by atoms with E-state index < -0.39 is 10.0 Å². The number of para-hydroxylation sites is 2. The summed E-state index contributed by atoms with van der Waals surface area (Å²) in [6.07, 6.45) is 0. The minimum Gasteiger partial charge on any atom is -0.337 e. The van der Waals surface area contributed by atoms with Crippen molar-refractivity contribution in [2.45, 2.75) is 11.8 Å². The summed E-state index contributed by atoms with van der Waals surface area (Å²) in [4.78, 5) is 20.7. The Kier molecular flexibility index (Phi) is 5.58. The first-order valence-electron chi connectivity index (χ1n) is 9.25. The first kappa shape index (κ1) is 20.8. The number of carbonyl (C=O) groups is 1. The van der Waals surface area contributed by atoms with Crippen molar-refractivity contribution in [1.82, 2.24) is 9.97 Å². The molecule has 0 aliphatic rings. The Hall–Kier alpha value is -3.49. The summed E-state index contributed by atoms with van der Waals surface area (Å²) in [6.45, 7) is 1.47. The Morgan fingerprint density at radius 1 is 0.871 bits per heavy atom. The number of nitrogens with zero attached hydrogens (tertiary/aromatic N) is 2. The number of Topliss-reactive ketones (excluding diaryl/α,β-unsaturated/α-hetero) is 1. The molecule has 0 saturated carbocycles. The van der Waals surface area contributed by atoms with Gasteiger partial charge in [0.1, 0.15) is 0 Å². The van der Waals surface area contributed by atoms with Crippen molar-refractivity contribution >= 4 is 55.8 Å². The highest BCUT2D eigenvalue weighted by Crippen LogP contribution is 2.27. The predicted octanol–water partition coefficient (Wildman–Crippen LogP) is 5.03. The van der Waals surface area contributed by atoms with Crippen LogP contribution in [0.25, 0.3) is 11.0 Å². The number of nitrogens with one attached hydrogen (secondary N) is 2. The van der Waals surface area contributed by atoms with Crippen molar-refractivity contribution in [3.05, 3.63) is 83.4 Å². The van der Waals surface area contributed by atoms with Crippen LogP contribution < -0.4 is 10.0 Å². The van der Waals surface area contributed by atoms with E-state index in [1.165, 1.54) is 31.2 Å². The SMILES string of the molecule is CC(=O)c1cccc(Nc2nc3ccccc3nc2NS(=O)(=O)c2ccc(Cl)cc2)c1. The van der Waals surface area contributed by atoms with E-state index in [0.717, 1.165) is 0 Å². The van der Waals surface area contributed by atoms with Crippen LogP contribution in [-0.2, 0) is 10.0 Å². The number of benzene rings is 3. The maximum atomic E-state index is 12.9.